The van der Waals surface area contributed by atoms with Crippen LogP contribution in [0.15, 0.2) is 47.4 Å². The van der Waals surface area contributed by atoms with E-state index in [1.165, 1.54) is 24.1 Å². The summed E-state index contributed by atoms with van der Waals surface area (Å²) in [5.74, 6) is -0.907. The molecule has 0 aromatic heterocycles. The van der Waals surface area contributed by atoms with Gasteiger partial charge in [-0.3, -0.25) is 9.59 Å². The lowest BCUT2D eigenvalue weighted by atomic mass is 10.1. The van der Waals surface area contributed by atoms with Crippen LogP contribution in [0.3, 0.4) is 0 Å². The fourth-order valence-electron chi connectivity index (χ4n) is 3.16. The van der Waals surface area contributed by atoms with E-state index in [-0.39, 0.29) is 23.4 Å². The van der Waals surface area contributed by atoms with E-state index in [2.05, 4.69) is 5.32 Å². The van der Waals surface area contributed by atoms with Crippen molar-refractivity contribution >= 4 is 45.0 Å². The van der Waals surface area contributed by atoms with Crippen LogP contribution < -0.4 is 5.32 Å². The maximum Gasteiger partial charge on any atom is 0.243 e. The maximum atomic E-state index is 13.4. The number of sulfonamides is 1. The lowest BCUT2D eigenvalue weighted by Gasteiger charge is -2.31. The van der Waals surface area contributed by atoms with Crippen LogP contribution in [0, 0.1) is 6.92 Å². The SMILES string of the molecule is CCC(C)NC(=O)C(C)N(Cc1c(Cl)cccc1Cl)C(=O)CN(C)S(=O)(=O)c1ccc(C)cc1. The highest BCUT2D eigenvalue weighted by atomic mass is 35.5. The molecule has 186 valence electrons. The molecule has 0 aliphatic carbocycles. The predicted octanol–water partition coefficient (Wildman–Crippen LogP) is 4.25. The molecule has 1 N–H and O–H groups in total. The summed E-state index contributed by atoms with van der Waals surface area (Å²) in [4.78, 5) is 27.6. The molecular weight excluding hydrogens is 497 g/mol. The third-order valence-corrected chi connectivity index (χ3v) is 8.17. The number of halogens is 2. The molecule has 0 saturated heterocycles. The number of aryl methyl sites for hydroxylation is 1. The van der Waals surface area contributed by atoms with Gasteiger partial charge in [-0.25, -0.2) is 8.42 Å². The average molecular weight is 529 g/mol. The van der Waals surface area contributed by atoms with Gasteiger partial charge in [0.05, 0.1) is 11.4 Å². The minimum absolute atomic E-state index is 0.0507. The van der Waals surface area contributed by atoms with Crippen molar-refractivity contribution in [1.29, 1.82) is 0 Å². The Kier molecular flexibility index (Phi) is 9.94. The largest absolute Gasteiger partial charge is 0.352 e. The molecule has 0 fully saturated rings. The summed E-state index contributed by atoms with van der Waals surface area (Å²) in [5.41, 5.74) is 1.40. The highest BCUT2D eigenvalue weighted by Gasteiger charge is 2.31. The van der Waals surface area contributed by atoms with Crippen LogP contribution in [0.4, 0.5) is 0 Å². The second-order valence-corrected chi connectivity index (χ2v) is 11.1. The smallest absolute Gasteiger partial charge is 0.243 e. The number of nitrogens with one attached hydrogen (secondary N) is 1. The quantitative estimate of drug-likeness (QED) is 0.500. The number of rotatable bonds is 10. The maximum absolute atomic E-state index is 13.4. The third-order valence-electron chi connectivity index (χ3n) is 5.65. The number of hydrogen-bond acceptors (Lipinski definition) is 4. The summed E-state index contributed by atoms with van der Waals surface area (Å²) < 4.78 is 27.0. The Balaban J connectivity index is 2.34. The Morgan fingerprint density at radius 3 is 2.12 bits per heavy atom. The fraction of sp³-hybridized carbons (Fsp3) is 0.417. The molecule has 0 bridgehead atoms. The lowest BCUT2D eigenvalue weighted by Crippen LogP contribution is -2.52. The van der Waals surface area contributed by atoms with Crippen LogP contribution in [-0.4, -0.2) is 55.1 Å². The molecule has 0 saturated carbocycles. The number of nitrogens with zero attached hydrogens (tertiary/aromatic N) is 2. The van der Waals surface area contributed by atoms with E-state index in [9.17, 15) is 18.0 Å². The topological polar surface area (TPSA) is 86.8 Å². The van der Waals surface area contributed by atoms with Crippen molar-refractivity contribution in [3.05, 3.63) is 63.6 Å². The molecule has 2 amide bonds. The van der Waals surface area contributed by atoms with Crippen molar-refractivity contribution < 1.29 is 18.0 Å². The van der Waals surface area contributed by atoms with Crippen molar-refractivity contribution in [2.24, 2.45) is 0 Å². The summed E-state index contributed by atoms with van der Waals surface area (Å²) in [5, 5.41) is 3.56. The molecule has 7 nitrogen and oxygen atoms in total. The molecule has 0 radical (unpaired) electrons. The Morgan fingerprint density at radius 2 is 1.59 bits per heavy atom. The van der Waals surface area contributed by atoms with E-state index < -0.39 is 28.5 Å². The number of carbonyl (C=O) groups is 2. The van der Waals surface area contributed by atoms with Gasteiger partial charge in [0.1, 0.15) is 6.04 Å². The zero-order valence-corrected chi connectivity index (χ0v) is 22.3. The van der Waals surface area contributed by atoms with Crippen LogP contribution in [0.5, 0.6) is 0 Å². The van der Waals surface area contributed by atoms with Gasteiger partial charge >= 0.3 is 0 Å². The third kappa shape index (κ3) is 6.95. The van der Waals surface area contributed by atoms with Crippen LogP contribution in [0.25, 0.3) is 0 Å². The fourth-order valence-corrected chi connectivity index (χ4v) is 4.80. The van der Waals surface area contributed by atoms with Crippen molar-refractivity contribution in [1.82, 2.24) is 14.5 Å². The molecule has 0 aliphatic rings. The predicted molar refractivity (Wildman–Crippen MR) is 135 cm³/mol. The van der Waals surface area contributed by atoms with E-state index in [4.69, 9.17) is 23.2 Å². The van der Waals surface area contributed by atoms with Crippen LogP contribution in [-0.2, 0) is 26.2 Å². The Hall–Kier alpha value is -2.13. The van der Waals surface area contributed by atoms with Crippen LogP contribution >= 0.6 is 23.2 Å². The number of amides is 2. The highest BCUT2D eigenvalue weighted by molar-refractivity contribution is 7.89. The van der Waals surface area contributed by atoms with Crippen molar-refractivity contribution in [3.8, 4) is 0 Å². The summed E-state index contributed by atoms with van der Waals surface area (Å²) >= 11 is 12.6. The number of hydrogen-bond donors (Lipinski definition) is 1. The molecular formula is C24H31Cl2N3O4S. The Morgan fingerprint density at radius 1 is 1.03 bits per heavy atom. The van der Waals surface area contributed by atoms with Crippen molar-refractivity contribution in [2.45, 2.75) is 57.6 Å². The van der Waals surface area contributed by atoms with Gasteiger partial charge in [-0.1, -0.05) is 53.9 Å². The first-order valence-electron chi connectivity index (χ1n) is 10.9. The average Bonchev–Trinajstić information content (AvgIpc) is 2.78. The van der Waals surface area contributed by atoms with Gasteiger partial charge in [0.2, 0.25) is 21.8 Å². The van der Waals surface area contributed by atoms with Gasteiger partial charge in [0.25, 0.3) is 0 Å². The Labute approximate surface area is 212 Å². The van der Waals surface area contributed by atoms with Gasteiger partial charge in [-0.05, 0) is 51.5 Å². The first-order chi connectivity index (χ1) is 15.9. The first-order valence-corrected chi connectivity index (χ1v) is 13.1. The van der Waals surface area contributed by atoms with Gasteiger partial charge in [-0.2, -0.15) is 4.31 Å². The molecule has 2 aromatic carbocycles. The molecule has 2 aromatic rings. The molecule has 2 atom stereocenters. The van der Waals surface area contributed by atoms with E-state index in [0.29, 0.717) is 15.6 Å². The molecule has 2 unspecified atom stereocenters. The standard InChI is InChI=1S/C24H31Cl2N3O4S/c1-6-17(3)27-24(31)18(4)29(14-20-21(25)8-7-9-22(20)26)23(30)15-28(5)34(32,33)19-12-10-16(2)11-13-19/h7-13,17-18H,6,14-15H2,1-5H3,(H,27,31). The van der Waals surface area contributed by atoms with Gasteiger partial charge in [0, 0.05) is 35.2 Å². The number of carbonyl (C=O) groups excluding carboxylic acids is 2. The molecule has 0 spiro atoms. The molecule has 0 heterocycles. The lowest BCUT2D eigenvalue weighted by molar-refractivity contribution is -0.140. The van der Waals surface area contributed by atoms with Crippen molar-refractivity contribution in [2.75, 3.05) is 13.6 Å². The van der Waals surface area contributed by atoms with E-state index in [0.717, 1.165) is 16.3 Å². The molecule has 0 aliphatic heterocycles. The second kappa shape index (κ2) is 12.0. The zero-order chi connectivity index (χ0) is 25.6. The molecule has 10 heteroatoms. The number of benzene rings is 2. The van der Waals surface area contributed by atoms with E-state index in [1.54, 1.807) is 37.3 Å². The molecule has 34 heavy (non-hydrogen) atoms. The first kappa shape index (κ1) is 28.1. The minimum Gasteiger partial charge on any atom is -0.352 e. The summed E-state index contributed by atoms with van der Waals surface area (Å²) in [6.07, 6.45) is 0.722. The minimum atomic E-state index is -3.91. The summed E-state index contributed by atoms with van der Waals surface area (Å²) in [6.45, 7) is 6.74. The normalized spacial score (nSPS) is 13.4. The van der Waals surface area contributed by atoms with E-state index in [1.807, 2.05) is 20.8 Å². The summed E-state index contributed by atoms with van der Waals surface area (Å²) in [6, 6.07) is 10.4. The second-order valence-electron chi connectivity index (χ2n) is 8.29. The van der Waals surface area contributed by atoms with Gasteiger partial charge in [-0.15, -0.1) is 0 Å². The van der Waals surface area contributed by atoms with Gasteiger partial charge in [0.15, 0.2) is 0 Å². The monoisotopic (exact) mass is 527 g/mol. The molecule has 2 rings (SSSR count). The van der Waals surface area contributed by atoms with Crippen LogP contribution in [0.1, 0.15) is 38.3 Å². The number of likely N-dealkylation sites (N-methyl/N-ethyl adjacent to an activating group) is 1. The zero-order valence-electron chi connectivity index (χ0n) is 20.0. The van der Waals surface area contributed by atoms with E-state index >= 15 is 0 Å². The van der Waals surface area contributed by atoms with Crippen LogP contribution in [0.2, 0.25) is 10.0 Å². The van der Waals surface area contributed by atoms with Crippen molar-refractivity contribution in [3.63, 3.8) is 0 Å². The Bertz CT molecular complexity index is 1100. The highest BCUT2D eigenvalue weighted by Crippen LogP contribution is 2.27. The summed E-state index contributed by atoms with van der Waals surface area (Å²) in [7, 11) is -2.58. The van der Waals surface area contributed by atoms with Gasteiger partial charge < -0.3 is 10.2 Å².